The lowest BCUT2D eigenvalue weighted by Crippen LogP contribution is -2.96. The monoisotopic (exact) mass is 585 g/mol. The molecular weight excluding hydrogens is 540 g/mol. The summed E-state index contributed by atoms with van der Waals surface area (Å²) >= 11 is 0. The maximum Gasteiger partial charge on any atom is 0.141 e. The molecule has 0 saturated carbocycles. The molecule has 0 atom stereocenters. The van der Waals surface area contributed by atoms with Crippen molar-refractivity contribution in [3.8, 4) is 0 Å². The van der Waals surface area contributed by atoms with Crippen LogP contribution < -0.4 is 29.4 Å². The van der Waals surface area contributed by atoms with Crippen molar-refractivity contribution in [1.29, 1.82) is 0 Å². The molecule has 0 spiro atoms. The van der Waals surface area contributed by atoms with E-state index >= 15 is 0 Å². The van der Waals surface area contributed by atoms with Crippen molar-refractivity contribution >= 4 is 56.9 Å². The van der Waals surface area contributed by atoms with Gasteiger partial charge in [0.15, 0.2) is 0 Å². The molecule has 0 radical (unpaired) electrons. The molecule has 0 bridgehead atoms. The predicted molar refractivity (Wildman–Crippen MR) is 191 cm³/mol. The van der Waals surface area contributed by atoms with Gasteiger partial charge in [-0.25, -0.2) is 4.90 Å². The Morgan fingerprint density at radius 2 is 0.455 bits per heavy atom. The molecule has 0 heterocycles. The molecule has 5 rings (SSSR count). The second-order valence-electron chi connectivity index (χ2n) is 12.0. The van der Waals surface area contributed by atoms with Crippen LogP contribution in [0.5, 0.6) is 0 Å². The number of rotatable bonds is 10. The number of hydrogen-bond donors (Lipinski definition) is 1. The summed E-state index contributed by atoms with van der Waals surface area (Å²) in [4.78, 5) is 12.1. The normalized spacial score (nSPS) is 10.9. The quantitative estimate of drug-likeness (QED) is 0.182. The van der Waals surface area contributed by atoms with Crippen LogP contribution in [0.15, 0.2) is 121 Å². The third-order valence-electron chi connectivity index (χ3n) is 8.01. The number of nitrogens with one attached hydrogen (secondary N) is 1. The van der Waals surface area contributed by atoms with Gasteiger partial charge in [0, 0.05) is 133 Å². The van der Waals surface area contributed by atoms with Gasteiger partial charge in [0.05, 0.1) is 0 Å². The number of hydrogen-bond acceptors (Lipinski definition) is 5. The molecule has 0 aliphatic carbocycles. The predicted octanol–water partition coefficient (Wildman–Crippen LogP) is 7.60. The molecule has 6 heteroatoms. The molecule has 1 N–H and O–H groups in total. The van der Waals surface area contributed by atoms with Crippen LogP contribution in [0, 0.1) is 0 Å². The highest BCUT2D eigenvalue weighted by Gasteiger charge is 2.21. The topological polar surface area (TPSA) is 20.6 Å². The minimum atomic E-state index is 1.11. The van der Waals surface area contributed by atoms with Gasteiger partial charge >= 0.3 is 0 Å². The fourth-order valence-corrected chi connectivity index (χ4v) is 5.38. The van der Waals surface area contributed by atoms with Gasteiger partial charge < -0.3 is 24.5 Å². The van der Waals surface area contributed by atoms with Gasteiger partial charge in [0.2, 0.25) is 0 Å². The fourth-order valence-electron chi connectivity index (χ4n) is 5.38. The average molecular weight is 586 g/mol. The lowest BCUT2D eigenvalue weighted by molar-refractivity contribution is -0.681. The van der Waals surface area contributed by atoms with Gasteiger partial charge in [-0.05, 0) is 84.9 Å². The summed E-state index contributed by atoms with van der Waals surface area (Å²) < 4.78 is 0. The second kappa shape index (κ2) is 13.1. The van der Waals surface area contributed by atoms with Gasteiger partial charge in [-0.1, -0.05) is 0 Å². The maximum absolute atomic E-state index is 2.32. The van der Waals surface area contributed by atoms with Crippen LogP contribution in [0.1, 0.15) is 0 Å². The highest BCUT2D eigenvalue weighted by molar-refractivity contribution is 5.78. The highest BCUT2D eigenvalue weighted by atomic mass is 15.2. The Morgan fingerprint density at radius 3 is 0.682 bits per heavy atom. The molecule has 0 saturated heterocycles. The van der Waals surface area contributed by atoms with Crippen molar-refractivity contribution in [2.75, 3.05) is 80.9 Å². The SMILES string of the molecule is CN(C)c1ccc(N(c2ccc(N(C)C)cc2)c2ccc([NH+](c3ccc(N(C)C)cc3)c3ccc(N(C)C)cc3)cc2)cc1. The summed E-state index contributed by atoms with van der Waals surface area (Å²) in [5.41, 5.74) is 11.6. The van der Waals surface area contributed by atoms with Crippen molar-refractivity contribution in [1.82, 2.24) is 0 Å². The average Bonchev–Trinajstić information content (AvgIpc) is 3.03. The lowest BCUT2D eigenvalue weighted by atomic mass is 10.1. The van der Waals surface area contributed by atoms with Crippen LogP contribution in [0.25, 0.3) is 0 Å². The van der Waals surface area contributed by atoms with E-state index in [-0.39, 0.29) is 0 Å². The maximum atomic E-state index is 2.32. The summed E-state index contributed by atoms with van der Waals surface area (Å²) in [6, 6.07) is 44.1. The van der Waals surface area contributed by atoms with Crippen molar-refractivity contribution < 1.29 is 4.90 Å². The van der Waals surface area contributed by atoms with Gasteiger partial charge in [-0.2, -0.15) is 0 Å². The second-order valence-corrected chi connectivity index (χ2v) is 12.0. The van der Waals surface area contributed by atoms with Crippen LogP contribution >= 0.6 is 0 Å². The van der Waals surface area contributed by atoms with Crippen molar-refractivity contribution in [3.63, 3.8) is 0 Å². The van der Waals surface area contributed by atoms with E-state index in [0.29, 0.717) is 0 Å². The van der Waals surface area contributed by atoms with Crippen LogP contribution in [-0.2, 0) is 0 Å². The summed E-state index contributed by atoms with van der Waals surface area (Å²) in [7, 11) is 16.6. The number of nitrogens with zero attached hydrogens (tertiary/aromatic N) is 5. The number of anilines is 7. The van der Waals surface area contributed by atoms with Crippen LogP contribution in [0.2, 0.25) is 0 Å². The van der Waals surface area contributed by atoms with Crippen molar-refractivity contribution in [3.05, 3.63) is 121 Å². The van der Waals surface area contributed by atoms with Gasteiger partial charge in [-0.3, -0.25) is 0 Å². The molecule has 0 aliphatic rings. The number of benzene rings is 5. The molecule has 0 fully saturated rings. The zero-order valence-corrected chi connectivity index (χ0v) is 27.3. The zero-order valence-electron chi connectivity index (χ0n) is 27.3. The Bertz CT molecular complexity index is 1390. The molecular formula is C38H45N6+. The minimum absolute atomic E-state index is 1.11. The lowest BCUT2D eigenvalue weighted by Gasteiger charge is -2.27. The van der Waals surface area contributed by atoms with Crippen LogP contribution in [0.4, 0.5) is 56.9 Å². The molecule has 0 unspecified atom stereocenters. The van der Waals surface area contributed by atoms with E-state index in [0.717, 1.165) is 17.1 Å². The first-order valence-corrected chi connectivity index (χ1v) is 15.0. The molecule has 5 aromatic rings. The molecule has 0 amide bonds. The molecule has 0 aliphatic heterocycles. The van der Waals surface area contributed by atoms with Gasteiger partial charge in [0.25, 0.3) is 0 Å². The van der Waals surface area contributed by atoms with E-state index in [1.165, 1.54) is 44.7 Å². The number of quaternary nitrogens is 1. The summed E-state index contributed by atoms with van der Waals surface area (Å²) in [6.45, 7) is 0. The fraction of sp³-hybridized carbons (Fsp3) is 0.211. The first kappa shape index (κ1) is 30.5. The van der Waals surface area contributed by atoms with E-state index < -0.39 is 0 Å². The Kier molecular flexibility index (Phi) is 9.12. The largest absolute Gasteiger partial charge is 0.378 e. The molecule has 226 valence electrons. The van der Waals surface area contributed by atoms with Crippen LogP contribution in [-0.4, -0.2) is 56.4 Å². The summed E-state index contributed by atoms with van der Waals surface area (Å²) in [5, 5.41) is 0. The van der Waals surface area contributed by atoms with E-state index in [4.69, 9.17) is 0 Å². The Labute approximate surface area is 263 Å². The van der Waals surface area contributed by atoms with E-state index in [1.807, 2.05) is 0 Å². The first-order valence-electron chi connectivity index (χ1n) is 15.0. The third kappa shape index (κ3) is 6.66. The van der Waals surface area contributed by atoms with Crippen molar-refractivity contribution in [2.24, 2.45) is 0 Å². The summed E-state index contributed by atoms with van der Waals surface area (Å²) in [5.74, 6) is 0. The van der Waals surface area contributed by atoms with Gasteiger partial charge in [-0.15, -0.1) is 0 Å². The standard InChI is InChI=1S/C38H44N6/c1-39(2)29-9-17-33(18-10-29)43(34-19-11-30(12-20-34)40(3)4)37-25-27-38(28-26-37)44(35-21-13-31(14-22-35)41(5)6)36-23-15-32(16-24-36)42(7)8/h9-28H,1-8H3/p+1. The summed E-state index contributed by atoms with van der Waals surface area (Å²) in [6.07, 6.45) is 0. The van der Waals surface area contributed by atoms with Gasteiger partial charge in [0.1, 0.15) is 17.1 Å². The zero-order chi connectivity index (χ0) is 31.4. The smallest absolute Gasteiger partial charge is 0.141 e. The Hall–Kier alpha value is -4.94. The first-order chi connectivity index (χ1) is 21.1. The molecule has 44 heavy (non-hydrogen) atoms. The Morgan fingerprint density at radius 1 is 0.273 bits per heavy atom. The molecule has 6 nitrogen and oxygen atoms in total. The van der Waals surface area contributed by atoms with Crippen molar-refractivity contribution in [2.45, 2.75) is 0 Å². The van der Waals surface area contributed by atoms with E-state index in [9.17, 15) is 0 Å². The van der Waals surface area contributed by atoms with E-state index in [2.05, 4.69) is 202 Å². The molecule has 5 aromatic carbocycles. The minimum Gasteiger partial charge on any atom is -0.378 e. The third-order valence-corrected chi connectivity index (χ3v) is 8.01. The molecule has 0 aromatic heterocycles. The van der Waals surface area contributed by atoms with E-state index in [1.54, 1.807) is 0 Å². The highest BCUT2D eigenvalue weighted by Crippen LogP contribution is 2.36. The van der Waals surface area contributed by atoms with Crippen LogP contribution in [0.3, 0.4) is 0 Å². The Balaban J connectivity index is 1.57.